The molecular weight excluding hydrogens is 570 g/mol. The molecular formula is C35H47N5O5. The number of nitrogens with one attached hydrogen (secondary N) is 4. The zero-order valence-electron chi connectivity index (χ0n) is 27.2. The molecule has 2 amide bonds. The first-order valence-corrected chi connectivity index (χ1v) is 15.9. The lowest BCUT2D eigenvalue weighted by molar-refractivity contribution is -0.117. The van der Waals surface area contributed by atoms with Gasteiger partial charge in [-0.1, -0.05) is 0 Å². The Kier molecular flexibility index (Phi) is 10.1. The summed E-state index contributed by atoms with van der Waals surface area (Å²) in [5.74, 6) is 1.04. The number of hydrogen-bond acceptors (Lipinski definition) is 8. The number of hydrogen-bond donors (Lipinski definition) is 4. The van der Waals surface area contributed by atoms with Crippen molar-refractivity contribution in [2.24, 2.45) is 0 Å². The van der Waals surface area contributed by atoms with Gasteiger partial charge in [-0.2, -0.15) is 0 Å². The van der Waals surface area contributed by atoms with E-state index in [0.717, 1.165) is 48.4 Å². The number of amides is 2. The highest BCUT2D eigenvalue weighted by Gasteiger charge is 2.30. The monoisotopic (exact) mass is 617 g/mol. The predicted octanol–water partition coefficient (Wildman–Crippen LogP) is 5.76. The van der Waals surface area contributed by atoms with E-state index in [1.807, 2.05) is 90.1 Å². The normalized spacial score (nSPS) is 22.0. The molecule has 0 saturated carbocycles. The Bertz CT molecular complexity index is 1330. The first-order chi connectivity index (χ1) is 21.3. The number of nitrogens with zero attached hydrogens (tertiary/aromatic N) is 1. The van der Waals surface area contributed by atoms with E-state index in [1.165, 1.54) is 0 Å². The first-order valence-electron chi connectivity index (χ1n) is 15.9. The van der Waals surface area contributed by atoms with Crippen LogP contribution < -0.4 is 21.3 Å². The highest BCUT2D eigenvalue weighted by Crippen LogP contribution is 2.28. The predicted molar refractivity (Wildman–Crippen MR) is 176 cm³/mol. The molecule has 2 saturated heterocycles. The number of rotatable bonds is 10. The van der Waals surface area contributed by atoms with Crippen LogP contribution in [0.1, 0.15) is 67.2 Å². The summed E-state index contributed by atoms with van der Waals surface area (Å²) in [6.07, 6.45) is 4.36. The SMILES string of the molecule is CC(C)(C)OC1CNC(CC(=O)Nc2ccc(-c3cnc(-c4ccc(NC(=O)CC5CC(OC(C)(C)C)CN5)cc4)o3)cc2)C1. The number of anilines is 2. The molecule has 2 aliphatic rings. The number of benzene rings is 2. The summed E-state index contributed by atoms with van der Waals surface area (Å²) in [4.78, 5) is 29.7. The Morgan fingerprint density at radius 2 is 1.20 bits per heavy atom. The maximum Gasteiger partial charge on any atom is 0.226 e. The Labute approximate surface area is 266 Å². The van der Waals surface area contributed by atoms with E-state index < -0.39 is 0 Å². The van der Waals surface area contributed by atoms with Gasteiger partial charge >= 0.3 is 0 Å². The van der Waals surface area contributed by atoms with E-state index in [2.05, 4.69) is 26.3 Å². The van der Waals surface area contributed by atoms with Gasteiger partial charge < -0.3 is 35.2 Å². The van der Waals surface area contributed by atoms with Crippen LogP contribution in [0.5, 0.6) is 0 Å². The van der Waals surface area contributed by atoms with Crippen molar-refractivity contribution in [2.45, 2.75) is 103 Å². The van der Waals surface area contributed by atoms with E-state index in [-0.39, 0.29) is 47.3 Å². The second-order valence-corrected chi connectivity index (χ2v) is 14.1. The summed E-state index contributed by atoms with van der Waals surface area (Å²) in [5.41, 5.74) is 2.71. The van der Waals surface area contributed by atoms with E-state index >= 15 is 0 Å². The van der Waals surface area contributed by atoms with Crippen molar-refractivity contribution in [1.29, 1.82) is 0 Å². The molecule has 3 aromatic rings. The van der Waals surface area contributed by atoms with Crippen molar-refractivity contribution in [3.05, 3.63) is 54.7 Å². The van der Waals surface area contributed by atoms with Crippen molar-refractivity contribution >= 4 is 23.2 Å². The molecule has 3 heterocycles. The zero-order valence-corrected chi connectivity index (χ0v) is 27.2. The van der Waals surface area contributed by atoms with Crippen LogP contribution in [0.3, 0.4) is 0 Å². The van der Waals surface area contributed by atoms with Crippen LogP contribution in [-0.2, 0) is 19.1 Å². The van der Waals surface area contributed by atoms with Gasteiger partial charge in [-0.3, -0.25) is 9.59 Å². The summed E-state index contributed by atoms with van der Waals surface area (Å²) in [7, 11) is 0. The van der Waals surface area contributed by atoms with Crippen LogP contribution in [0.4, 0.5) is 11.4 Å². The smallest absolute Gasteiger partial charge is 0.226 e. The molecule has 1 aromatic heterocycles. The number of ether oxygens (including phenoxy) is 2. The van der Waals surface area contributed by atoms with Crippen LogP contribution in [0, 0.1) is 0 Å². The third kappa shape index (κ3) is 9.96. The molecule has 0 bridgehead atoms. The van der Waals surface area contributed by atoms with E-state index in [1.54, 1.807) is 6.20 Å². The minimum Gasteiger partial charge on any atom is -0.436 e. The summed E-state index contributed by atoms with van der Waals surface area (Å²) < 4.78 is 18.1. The Morgan fingerprint density at radius 3 is 1.64 bits per heavy atom. The molecule has 5 rings (SSSR count). The maximum atomic E-state index is 12.6. The summed E-state index contributed by atoms with van der Waals surface area (Å²) >= 11 is 0. The molecule has 45 heavy (non-hydrogen) atoms. The summed E-state index contributed by atoms with van der Waals surface area (Å²) in [5, 5.41) is 12.8. The van der Waals surface area contributed by atoms with Gasteiger partial charge in [0.05, 0.1) is 29.6 Å². The lowest BCUT2D eigenvalue weighted by Crippen LogP contribution is -2.28. The first kappa shape index (κ1) is 32.8. The quantitative estimate of drug-likeness (QED) is 0.226. The Morgan fingerprint density at radius 1 is 0.756 bits per heavy atom. The van der Waals surface area contributed by atoms with Gasteiger partial charge in [-0.15, -0.1) is 0 Å². The highest BCUT2D eigenvalue weighted by atomic mass is 16.5. The lowest BCUT2D eigenvalue weighted by Gasteiger charge is -2.24. The lowest BCUT2D eigenvalue weighted by atomic mass is 10.1. The number of aromatic nitrogens is 1. The Balaban J connectivity index is 1.08. The summed E-state index contributed by atoms with van der Waals surface area (Å²) in [6.45, 7) is 13.8. The van der Waals surface area contributed by atoms with Crippen molar-refractivity contribution < 1.29 is 23.5 Å². The molecule has 0 spiro atoms. The molecule has 2 aliphatic heterocycles. The minimum absolute atomic E-state index is 0.0345. The second kappa shape index (κ2) is 13.8. The molecule has 0 aliphatic carbocycles. The second-order valence-electron chi connectivity index (χ2n) is 14.1. The van der Waals surface area contributed by atoms with Crippen LogP contribution in [0.2, 0.25) is 0 Å². The van der Waals surface area contributed by atoms with Crippen LogP contribution in [0.15, 0.2) is 59.1 Å². The highest BCUT2D eigenvalue weighted by molar-refractivity contribution is 5.92. The fourth-order valence-corrected chi connectivity index (χ4v) is 5.88. The molecule has 10 heteroatoms. The largest absolute Gasteiger partial charge is 0.436 e. The van der Waals surface area contributed by atoms with E-state index in [4.69, 9.17) is 13.9 Å². The zero-order chi connectivity index (χ0) is 32.2. The van der Waals surface area contributed by atoms with Crippen molar-refractivity contribution in [3.63, 3.8) is 0 Å². The minimum atomic E-state index is -0.196. The molecule has 10 nitrogen and oxygen atoms in total. The van der Waals surface area contributed by atoms with Gasteiger partial charge in [0.15, 0.2) is 5.76 Å². The van der Waals surface area contributed by atoms with Crippen LogP contribution in [-0.4, -0.2) is 65.4 Å². The third-order valence-electron chi connectivity index (χ3n) is 7.64. The van der Waals surface area contributed by atoms with E-state index in [9.17, 15) is 9.59 Å². The molecule has 4 unspecified atom stereocenters. The van der Waals surface area contributed by atoms with Gasteiger partial charge in [-0.05, 0) is 103 Å². The van der Waals surface area contributed by atoms with Gasteiger partial charge in [0.25, 0.3) is 0 Å². The van der Waals surface area contributed by atoms with Gasteiger partial charge in [-0.25, -0.2) is 4.98 Å². The van der Waals surface area contributed by atoms with Crippen LogP contribution in [0.25, 0.3) is 22.8 Å². The molecule has 242 valence electrons. The molecule has 2 fully saturated rings. The number of oxazole rings is 1. The average Bonchev–Trinajstić information content (AvgIpc) is 3.70. The van der Waals surface area contributed by atoms with Gasteiger partial charge in [0.1, 0.15) is 0 Å². The Hall–Kier alpha value is -3.57. The molecule has 0 radical (unpaired) electrons. The van der Waals surface area contributed by atoms with Crippen molar-refractivity contribution in [2.75, 3.05) is 23.7 Å². The summed E-state index contributed by atoms with van der Waals surface area (Å²) in [6, 6.07) is 15.2. The standard InChI is InChI=1S/C35H47N5O5/c1-34(2,3)44-28-15-26(36-19-28)17-31(41)39-24-11-7-22(8-12-24)30-21-38-33(43-30)23-9-13-25(14-10-23)40-32(42)18-27-16-29(20-37-27)45-35(4,5)6/h7-14,21,26-29,36-37H,15-20H2,1-6H3,(H,39,41)(H,40,42). The average molecular weight is 618 g/mol. The van der Waals surface area contributed by atoms with Crippen molar-refractivity contribution in [1.82, 2.24) is 15.6 Å². The van der Waals surface area contributed by atoms with Gasteiger partial charge in [0.2, 0.25) is 17.7 Å². The molecule has 4 N–H and O–H groups in total. The maximum absolute atomic E-state index is 12.6. The molecule has 2 aromatic carbocycles. The van der Waals surface area contributed by atoms with Crippen LogP contribution >= 0.6 is 0 Å². The third-order valence-corrected chi connectivity index (χ3v) is 7.64. The topological polar surface area (TPSA) is 127 Å². The van der Waals surface area contributed by atoms with Gasteiger partial charge in [0, 0.05) is 60.5 Å². The number of carbonyl (C=O) groups excluding carboxylic acids is 2. The fourth-order valence-electron chi connectivity index (χ4n) is 5.88. The number of carbonyl (C=O) groups is 2. The van der Waals surface area contributed by atoms with Crippen molar-refractivity contribution in [3.8, 4) is 22.8 Å². The fraction of sp³-hybridized carbons (Fsp3) is 0.514. The molecule has 4 atom stereocenters. The van der Waals surface area contributed by atoms with E-state index in [0.29, 0.717) is 24.5 Å².